The van der Waals surface area contributed by atoms with Gasteiger partial charge >= 0.3 is 0 Å². The van der Waals surface area contributed by atoms with Crippen LogP contribution in [0.15, 0.2) is 28.8 Å². The number of nitrogens with zero attached hydrogens (tertiary/aromatic N) is 1. The molecule has 0 bridgehead atoms. The zero-order chi connectivity index (χ0) is 11.5. The highest BCUT2D eigenvalue weighted by molar-refractivity contribution is 6.36. The highest BCUT2D eigenvalue weighted by Gasteiger charge is 2.18. The second-order valence-electron chi connectivity index (χ2n) is 3.93. The molecule has 1 aromatic carbocycles. The largest absolute Gasteiger partial charge is 0.398 e. The first-order chi connectivity index (χ1) is 7.72. The maximum absolute atomic E-state index is 5.97. The molecule has 2 N–H and O–H groups in total. The van der Waals surface area contributed by atoms with E-state index in [1.807, 2.05) is 12.1 Å². The number of fused-ring (bicyclic) bond motifs is 1. The Balaban J connectivity index is 2.30. The Morgan fingerprint density at radius 3 is 3.06 bits per heavy atom. The standard InChI is InChI=1S/C12H14Cl2N2/c13-7-9(14)8-16-6-2-3-10-11(15)4-1-5-12(10)16/h1,4-5,7H,2-3,6,8,15H2. The van der Waals surface area contributed by atoms with Crippen molar-refractivity contribution in [1.29, 1.82) is 0 Å². The van der Waals surface area contributed by atoms with E-state index in [9.17, 15) is 0 Å². The molecule has 0 saturated carbocycles. The molecule has 86 valence electrons. The summed E-state index contributed by atoms with van der Waals surface area (Å²) in [5.74, 6) is 0. The molecule has 0 atom stereocenters. The van der Waals surface area contributed by atoms with Gasteiger partial charge in [-0.1, -0.05) is 29.3 Å². The number of hydrogen-bond acceptors (Lipinski definition) is 2. The van der Waals surface area contributed by atoms with Gasteiger partial charge in [0.25, 0.3) is 0 Å². The molecule has 0 unspecified atom stereocenters. The molecule has 1 aliphatic rings. The number of benzene rings is 1. The molecule has 2 nitrogen and oxygen atoms in total. The van der Waals surface area contributed by atoms with Crippen LogP contribution in [0.2, 0.25) is 0 Å². The first-order valence-electron chi connectivity index (χ1n) is 5.29. The molecule has 0 saturated heterocycles. The van der Waals surface area contributed by atoms with E-state index in [4.69, 9.17) is 28.9 Å². The average Bonchev–Trinajstić information content (AvgIpc) is 2.30. The van der Waals surface area contributed by atoms with E-state index < -0.39 is 0 Å². The minimum Gasteiger partial charge on any atom is -0.398 e. The van der Waals surface area contributed by atoms with Crippen molar-refractivity contribution in [3.8, 4) is 0 Å². The van der Waals surface area contributed by atoms with Gasteiger partial charge in [0, 0.05) is 28.5 Å². The van der Waals surface area contributed by atoms with Gasteiger partial charge in [-0.3, -0.25) is 0 Å². The molecule has 16 heavy (non-hydrogen) atoms. The maximum atomic E-state index is 5.97. The van der Waals surface area contributed by atoms with Gasteiger partial charge in [-0.05, 0) is 30.5 Å². The third-order valence-corrected chi connectivity index (χ3v) is 3.45. The van der Waals surface area contributed by atoms with Crippen LogP contribution in [0.25, 0.3) is 0 Å². The third kappa shape index (κ3) is 2.28. The van der Waals surface area contributed by atoms with E-state index in [1.54, 1.807) is 0 Å². The van der Waals surface area contributed by atoms with Crippen molar-refractivity contribution < 1.29 is 0 Å². The van der Waals surface area contributed by atoms with Crippen molar-refractivity contribution in [3.63, 3.8) is 0 Å². The average molecular weight is 257 g/mol. The summed E-state index contributed by atoms with van der Waals surface area (Å²) < 4.78 is 0. The second kappa shape index (κ2) is 4.98. The predicted octanol–water partition coefficient (Wildman–Crippen LogP) is 3.34. The normalized spacial score (nSPS) is 16.1. The second-order valence-corrected chi connectivity index (χ2v) is 4.63. The van der Waals surface area contributed by atoms with Crippen molar-refractivity contribution in [2.24, 2.45) is 0 Å². The van der Waals surface area contributed by atoms with Gasteiger partial charge in [0.05, 0.1) is 6.54 Å². The third-order valence-electron chi connectivity index (χ3n) is 2.84. The molecule has 0 spiro atoms. The minimum absolute atomic E-state index is 0.650. The van der Waals surface area contributed by atoms with E-state index in [0.29, 0.717) is 11.6 Å². The summed E-state index contributed by atoms with van der Waals surface area (Å²) in [4.78, 5) is 2.22. The fraction of sp³-hybridized carbons (Fsp3) is 0.333. The number of hydrogen-bond donors (Lipinski definition) is 1. The SMILES string of the molecule is Nc1cccc2c1CCCN2CC(Cl)=CCl. The van der Waals surface area contributed by atoms with Crippen LogP contribution in [0.1, 0.15) is 12.0 Å². The number of rotatable bonds is 2. The fourth-order valence-electron chi connectivity index (χ4n) is 2.11. The molecule has 1 aliphatic heterocycles. The van der Waals surface area contributed by atoms with E-state index in [2.05, 4.69) is 11.0 Å². The van der Waals surface area contributed by atoms with Gasteiger partial charge in [-0.15, -0.1) is 0 Å². The van der Waals surface area contributed by atoms with Gasteiger partial charge in [-0.25, -0.2) is 0 Å². The van der Waals surface area contributed by atoms with Crippen LogP contribution in [0.5, 0.6) is 0 Å². The van der Waals surface area contributed by atoms with Crippen molar-refractivity contribution in [2.45, 2.75) is 12.8 Å². The van der Waals surface area contributed by atoms with E-state index in [-0.39, 0.29) is 0 Å². The summed E-state index contributed by atoms with van der Waals surface area (Å²) in [7, 11) is 0. The van der Waals surface area contributed by atoms with Crippen LogP contribution in [0.3, 0.4) is 0 Å². The summed E-state index contributed by atoms with van der Waals surface area (Å²) in [6, 6.07) is 6.01. The highest BCUT2D eigenvalue weighted by atomic mass is 35.5. The molecule has 2 rings (SSSR count). The summed E-state index contributed by atoms with van der Waals surface area (Å²) in [5, 5.41) is 0.650. The zero-order valence-corrected chi connectivity index (χ0v) is 10.4. The molecule has 1 aromatic rings. The van der Waals surface area contributed by atoms with Crippen LogP contribution in [0.4, 0.5) is 11.4 Å². The van der Waals surface area contributed by atoms with Crippen LogP contribution < -0.4 is 10.6 Å². The fourth-order valence-corrected chi connectivity index (χ4v) is 2.32. The maximum Gasteiger partial charge on any atom is 0.0545 e. The Kier molecular flexibility index (Phi) is 3.62. The van der Waals surface area contributed by atoms with Crippen molar-refractivity contribution in [1.82, 2.24) is 0 Å². The van der Waals surface area contributed by atoms with Gasteiger partial charge in [0.15, 0.2) is 0 Å². The molecule has 1 heterocycles. The van der Waals surface area contributed by atoms with Gasteiger partial charge < -0.3 is 10.6 Å². The lowest BCUT2D eigenvalue weighted by Crippen LogP contribution is -2.30. The lowest BCUT2D eigenvalue weighted by atomic mass is 10.00. The van der Waals surface area contributed by atoms with Crippen LogP contribution in [0, 0.1) is 0 Å². The quantitative estimate of drug-likeness (QED) is 0.823. The Morgan fingerprint density at radius 1 is 1.50 bits per heavy atom. The number of halogens is 2. The number of anilines is 2. The zero-order valence-electron chi connectivity index (χ0n) is 8.92. The van der Waals surface area contributed by atoms with Crippen LogP contribution in [-0.4, -0.2) is 13.1 Å². The summed E-state index contributed by atoms with van der Waals surface area (Å²) >= 11 is 11.5. The lowest BCUT2D eigenvalue weighted by Gasteiger charge is -2.31. The monoisotopic (exact) mass is 256 g/mol. The number of nitrogens with two attached hydrogens (primary N) is 1. The topological polar surface area (TPSA) is 29.3 Å². The van der Waals surface area contributed by atoms with Crippen molar-refractivity contribution >= 4 is 34.6 Å². The summed E-state index contributed by atoms with van der Waals surface area (Å²) in [6.45, 7) is 1.65. The highest BCUT2D eigenvalue weighted by Crippen LogP contribution is 2.31. The molecule has 0 aliphatic carbocycles. The molecular formula is C12H14Cl2N2. The van der Waals surface area contributed by atoms with Gasteiger partial charge in [0.2, 0.25) is 0 Å². The Hall–Kier alpha value is -0.860. The minimum atomic E-state index is 0.650. The molecular weight excluding hydrogens is 243 g/mol. The molecule has 4 heteroatoms. The Morgan fingerprint density at radius 2 is 2.31 bits per heavy atom. The number of nitrogen functional groups attached to an aromatic ring is 1. The van der Waals surface area contributed by atoms with Gasteiger partial charge in [-0.2, -0.15) is 0 Å². The predicted molar refractivity (Wildman–Crippen MR) is 71.2 cm³/mol. The van der Waals surface area contributed by atoms with Crippen LogP contribution in [-0.2, 0) is 6.42 Å². The summed E-state index contributed by atoms with van der Waals surface area (Å²) in [5.41, 5.74) is 10.7. The summed E-state index contributed by atoms with van der Waals surface area (Å²) in [6.07, 6.45) is 2.15. The first-order valence-corrected chi connectivity index (χ1v) is 6.11. The molecule has 0 radical (unpaired) electrons. The lowest BCUT2D eigenvalue weighted by molar-refractivity contribution is 0.721. The van der Waals surface area contributed by atoms with Gasteiger partial charge in [0.1, 0.15) is 0 Å². The van der Waals surface area contributed by atoms with E-state index in [0.717, 1.165) is 25.1 Å². The first kappa shape index (κ1) is 11.6. The van der Waals surface area contributed by atoms with Crippen molar-refractivity contribution in [2.75, 3.05) is 23.7 Å². The molecule has 0 aromatic heterocycles. The Bertz CT molecular complexity index is 415. The smallest absolute Gasteiger partial charge is 0.0545 e. The van der Waals surface area contributed by atoms with Crippen molar-refractivity contribution in [3.05, 3.63) is 34.3 Å². The Labute approximate surface area is 106 Å². The van der Waals surface area contributed by atoms with Crippen LogP contribution >= 0.6 is 23.2 Å². The molecule has 0 fully saturated rings. The van der Waals surface area contributed by atoms with E-state index >= 15 is 0 Å². The molecule has 0 amide bonds. The van der Waals surface area contributed by atoms with E-state index in [1.165, 1.54) is 16.8 Å².